The van der Waals surface area contributed by atoms with Gasteiger partial charge in [0, 0.05) is 36.9 Å². The molecule has 1 aliphatic heterocycles. The summed E-state index contributed by atoms with van der Waals surface area (Å²) in [5, 5.41) is 15.7. The smallest absolute Gasteiger partial charge is 0.291 e. The van der Waals surface area contributed by atoms with Crippen molar-refractivity contribution in [2.45, 2.75) is 26.1 Å². The summed E-state index contributed by atoms with van der Waals surface area (Å²) in [6, 6.07) is 5.43. The van der Waals surface area contributed by atoms with Gasteiger partial charge in [0.05, 0.1) is 48.6 Å². The summed E-state index contributed by atoms with van der Waals surface area (Å²) in [4.78, 5) is 29.5. The van der Waals surface area contributed by atoms with Crippen LogP contribution >= 0.6 is 0 Å². The van der Waals surface area contributed by atoms with Crippen LogP contribution in [0.3, 0.4) is 0 Å². The molecule has 0 fully saturated rings. The lowest BCUT2D eigenvalue weighted by atomic mass is 10.1. The molecule has 1 amide bonds. The Labute approximate surface area is 181 Å². The third-order valence-electron chi connectivity index (χ3n) is 5.27. The first-order valence-electron chi connectivity index (χ1n) is 9.77. The first-order valence-corrected chi connectivity index (χ1v) is 9.77. The molecule has 3 heterocycles. The van der Waals surface area contributed by atoms with Crippen LogP contribution in [-0.4, -0.2) is 44.2 Å². The second-order valence-corrected chi connectivity index (χ2v) is 7.30. The van der Waals surface area contributed by atoms with Crippen molar-refractivity contribution in [2.75, 3.05) is 13.7 Å². The second kappa shape index (κ2) is 8.79. The third kappa shape index (κ3) is 4.19. The topological polar surface area (TPSA) is 103 Å². The van der Waals surface area contributed by atoms with Gasteiger partial charge in [0.15, 0.2) is 0 Å². The van der Waals surface area contributed by atoms with Crippen LogP contribution in [0.4, 0.5) is 14.5 Å². The molecule has 0 bridgehead atoms. The van der Waals surface area contributed by atoms with E-state index in [1.807, 2.05) is 0 Å². The van der Waals surface area contributed by atoms with Crippen LogP contribution < -0.4 is 0 Å². The molecule has 0 saturated heterocycles. The Morgan fingerprint density at radius 2 is 2.06 bits per heavy atom. The van der Waals surface area contributed by atoms with Crippen LogP contribution in [-0.2, 0) is 35.6 Å². The highest BCUT2D eigenvalue weighted by Gasteiger charge is 2.29. The quantitative estimate of drug-likeness (QED) is 0.411. The van der Waals surface area contributed by atoms with Crippen LogP contribution in [0.2, 0.25) is 0 Å². The van der Waals surface area contributed by atoms with Crippen LogP contribution in [0.1, 0.15) is 17.0 Å². The first kappa shape index (κ1) is 21.5. The molecule has 9 nitrogen and oxygen atoms in total. The number of carbonyl (C=O) groups is 1. The summed E-state index contributed by atoms with van der Waals surface area (Å²) in [7, 11) is 1.59. The fourth-order valence-electron chi connectivity index (χ4n) is 3.65. The standard InChI is InChI=1S/C21H19F2N5O4/c1-32-7-6-27-20-12-26(11-13(20)10-24-27)21(29)9-18-19(28(30)31)5-4-17(25-18)15-3-2-14(22)8-16(15)23/h2-5,8,10H,6-7,9,11-12H2,1H3. The molecule has 166 valence electrons. The van der Waals surface area contributed by atoms with Crippen molar-refractivity contribution < 1.29 is 23.2 Å². The van der Waals surface area contributed by atoms with Crippen LogP contribution in [0.5, 0.6) is 0 Å². The fraction of sp³-hybridized carbons (Fsp3) is 0.286. The fourth-order valence-corrected chi connectivity index (χ4v) is 3.65. The maximum atomic E-state index is 14.2. The lowest BCUT2D eigenvalue weighted by molar-refractivity contribution is -0.385. The van der Waals surface area contributed by atoms with Crippen molar-refractivity contribution in [3.05, 3.63) is 75.2 Å². The van der Waals surface area contributed by atoms with Crippen molar-refractivity contribution in [2.24, 2.45) is 0 Å². The number of amides is 1. The number of pyridine rings is 1. The number of benzene rings is 1. The predicted molar refractivity (Wildman–Crippen MR) is 108 cm³/mol. The van der Waals surface area contributed by atoms with Gasteiger partial charge in [-0.3, -0.25) is 19.6 Å². The number of fused-ring (bicyclic) bond motifs is 1. The Morgan fingerprint density at radius 3 is 2.78 bits per heavy atom. The van der Waals surface area contributed by atoms with Gasteiger partial charge >= 0.3 is 0 Å². The van der Waals surface area contributed by atoms with Gasteiger partial charge in [0.25, 0.3) is 5.69 Å². The lowest BCUT2D eigenvalue weighted by Gasteiger charge is -2.16. The first-order chi connectivity index (χ1) is 15.4. The van der Waals surface area contributed by atoms with Crippen molar-refractivity contribution in [1.82, 2.24) is 19.7 Å². The summed E-state index contributed by atoms with van der Waals surface area (Å²) < 4.78 is 34.2. The molecule has 0 aliphatic carbocycles. The number of carbonyl (C=O) groups excluding carboxylic acids is 1. The van der Waals surface area contributed by atoms with Gasteiger partial charge in [-0.1, -0.05) is 0 Å². The molecule has 4 rings (SSSR count). The Kier molecular flexibility index (Phi) is 5.91. The number of ether oxygens (including phenoxy) is 1. The van der Waals surface area contributed by atoms with Crippen molar-refractivity contribution >= 4 is 11.6 Å². The van der Waals surface area contributed by atoms with E-state index >= 15 is 0 Å². The molecule has 0 saturated carbocycles. The Bertz CT molecular complexity index is 1200. The van der Waals surface area contributed by atoms with Gasteiger partial charge in [-0.2, -0.15) is 5.10 Å². The molecule has 32 heavy (non-hydrogen) atoms. The molecule has 1 aromatic carbocycles. The Balaban J connectivity index is 1.57. The molecule has 0 unspecified atom stereocenters. The summed E-state index contributed by atoms with van der Waals surface area (Å²) in [6.45, 7) is 1.68. The molecular weight excluding hydrogens is 424 g/mol. The van der Waals surface area contributed by atoms with E-state index in [9.17, 15) is 23.7 Å². The SMILES string of the molecule is COCCn1ncc2c1CN(C(=O)Cc1nc(-c3ccc(F)cc3F)ccc1[N+](=O)[O-])C2. The summed E-state index contributed by atoms with van der Waals surface area (Å²) in [5.41, 5.74) is 1.43. The molecule has 0 N–H and O–H groups in total. The predicted octanol–water partition coefficient (Wildman–Crippen LogP) is 2.86. The monoisotopic (exact) mass is 443 g/mol. The van der Waals surface area contributed by atoms with E-state index in [2.05, 4.69) is 10.1 Å². The van der Waals surface area contributed by atoms with Crippen molar-refractivity contribution in [3.63, 3.8) is 0 Å². The molecule has 11 heteroatoms. The van der Waals surface area contributed by atoms with E-state index in [-0.39, 0.29) is 35.0 Å². The number of hydrogen-bond donors (Lipinski definition) is 0. The van der Waals surface area contributed by atoms with Crippen molar-refractivity contribution in [1.29, 1.82) is 0 Å². The number of rotatable bonds is 7. The highest BCUT2D eigenvalue weighted by molar-refractivity contribution is 5.80. The minimum absolute atomic E-state index is 0.0122. The number of hydrogen-bond acceptors (Lipinski definition) is 6. The zero-order valence-corrected chi connectivity index (χ0v) is 17.1. The van der Waals surface area contributed by atoms with Gasteiger partial charge < -0.3 is 9.64 Å². The molecule has 0 radical (unpaired) electrons. The number of methoxy groups -OCH3 is 1. The van der Waals surface area contributed by atoms with E-state index in [4.69, 9.17) is 4.74 Å². The van der Waals surface area contributed by atoms with E-state index in [1.54, 1.807) is 22.9 Å². The number of aromatic nitrogens is 3. The van der Waals surface area contributed by atoms with E-state index in [0.717, 1.165) is 17.3 Å². The average molecular weight is 443 g/mol. The molecule has 0 spiro atoms. The van der Waals surface area contributed by atoms with Gasteiger partial charge in [0.1, 0.15) is 17.3 Å². The van der Waals surface area contributed by atoms with E-state index in [1.165, 1.54) is 18.2 Å². The summed E-state index contributed by atoms with van der Waals surface area (Å²) in [5.74, 6) is -1.95. The minimum Gasteiger partial charge on any atom is -0.383 e. The number of nitrogens with zero attached hydrogens (tertiary/aromatic N) is 5. The van der Waals surface area contributed by atoms with E-state index in [0.29, 0.717) is 32.3 Å². The third-order valence-corrected chi connectivity index (χ3v) is 5.27. The highest BCUT2D eigenvalue weighted by atomic mass is 19.1. The molecule has 2 aromatic heterocycles. The zero-order valence-electron chi connectivity index (χ0n) is 17.1. The van der Waals surface area contributed by atoms with Crippen molar-refractivity contribution in [3.8, 4) is 11.3 Å². The van der Waals surface area contributed by atoms with Crippen LogP contribution in [0.25, 0.3) is 11.3 Å². The molecule has 1 aliphatic rings. The Hall–Kier alpha value is -3.73. The Morgan fingerprint density at radius 1 is 1.25 bits per heavy atom. The normalized spacial score (nSPS) is 12.8. The maximum absolute atomic E-state index is 14.2. The number of halogens is 2. The van der Waals surface area contributed by atoms with Gasteiger partial charge in [0.2, 0.25) is 5.91 Å². The van der Waals surface area contributed by atoms with Gasteiger partial charge in [-0.05, 0) is 18.2 Å². The average Bonchev–Trinajstić information content (AvgIpc) is 3.33. The van der Waals surface area contributed by atoms with Crippen LogP contribution in [0, 0.1) is 21.7 Å². The van der Waals surface area contributed by atoms with Gasteiger partial charge in [-0.25, -0.2) is 13.8 Å². The number of nitro groups is 1. The highest BCUT2D eigenvalue weighted by Crippen LogP contribution is 2.28. The lowest BCUT2D eigenvalue weighted by Crippen LogP contribution is -2.28. The molecular formula is C21H19F2N5O4. The zero-order chi connectivity index (χ0) is 22.8. The van der Waals surface area contributed by atoms with E-state index < -0.39 is 16.6 Å². The second-order valence-electron chi connectivity index (χ2n) is 7.30. The maximum Gasteiger partial charge on any atom is 0.291 e. The van der Waals surface area contributed by atoms with Crippen LogP contribution in [0.15, 0.2) is 36.5 Å². The molecule has 0 atom stereocenters. The summed E-state index contributed by atoms with van der Waals surface area (Å²) in [6.07, 6.45) is 1.36. The molecule has 3 aromatic rings. The minimum atomic E-state index is -0.848. The summed E-state index contributed by atoms with van der Waals surface area (Å²) >= 11 is 0. The van der Waals surface area contributed by atoms with Gasteiger partial charge in [-0.15, -0.1) is 0 Å². The largest absolute Gasteiger partial charge is 0.383 e.